The monoisotopic (exact) mass is 190 g/mol. The first-order valence-electron chi connectivity index (χ1n) is 4.88. The van der Waals surface area contributed by atoms with Crippen LogP contribution in [0.25, 0.3) is 0 Å². The van der Waals surface area contributed by atoms with Crippen LogP contribution < -0.4 is 11.1 Å². The van der Waals surface area contributed by atoms with Gasteiger partial charge in [0.2, 0.25) is 5.91 Å². The lowest BCUT2D eigenvalue weighted by Crippen LogP contribution is -2.27. The molecule has 1 unspecified atom stereocenters. The van der Waals surface area contributed by atoms with Gasteiger partial charge in [0.1, 0.15) is 0 Å². The number of carbonyl (C=O) groups excluding carboxylic acids is 1. The molecule has 2 rings (SSSR count). The molecule has 0 saturated carbocycles. The predicted molar refractivity (Wildman–Crippen MR) is 55.7 cm³/mol. The van der Waals surface area contributed by atoms with Crippen molar-refractivity contribution in [2.75, 3.05) is 5.73 Å². The average molecular weight is 190 g/mol. The summed E-state index contributed by atoms with van der Waals surface area (Å²) in [5.41, 5.74) is 7.60. The summed E-state index contributed by atoms with van der Waals surface area (Å²) < 4.78 is 0. The first kappa shape index (κ1) is 9.06. The van der Waals surface area contributed by atoms with Gasteiger partial charge in [-0.05, 0) is 30.5 Å². The lowest BCUT2D eigenvalue weighted by Gasteiger charge is -2.09. The van der Waals surface area contributed by atoms with E-state index in [-0.39, 0.29) is 5.91 Å². The van der Waals surface area contributed by atoms with E-state index in [1.807, 2.05) is 24.3 Å². The lowest BCUT2D eigenvalue weighted by molar-refractivity contribution is -0.119. The van der Waals surface area contributed by atoms with E-state index < -0.39 is 0 Å². The highest BCUT2D eigenvalue weighted by Gasteiger charge is 2.20. The van der Waals surface area contributed by atoms with Gasteiger partial charge >= 0.3 is 0 Å². The van der Waals surface area contributed by atoms with Gasteiger partial charge in [-0.15, -0.1) is 0 Å². The van der Waals surface area contributed by atoms with E-state index in [1.165, 1.54) is 5.56 Å². The smallest absolute Gasteiger partial charge is 0.220 e. The van der Waals surface area contributed by atoms with E-state index in [4.69, 9.17) is 5.73 Å². The van der Waals surface area contributed by atoms with Gasteiger partial charge in [-0.25, -0.2) is 0 Å². The SMILES string of the molecule is Nc1ccc(CC2CCC(=O)N2)cc1. The Morgan fingerprint density at radius 3 is 2.64 bits per heavy atom. The minimum absolute atomic E-state index is 0.172. The molecular formula is C11H14N2O. The number of anilines is 1. The fourth-order valence-corrected chi connectivity index (χ4v) is 1.77. The zero-order valence-corrected chi connectivity index (χ0v) is 7.99. The van der Waals surface area contributed by atoms with Crippen molar-refractivity contribution in [3.8, 4) is 0 Å². The van der Waals surface area contributed by atoms with Crippen LogP contribution in [0.3, 0.4) is 0 Å². The van der Waals surface area contributed by atoms with Crippen molar-refractivity contribution in [1.82, 2.24) is 5.32 Å². The highest BCUT2D eigenvalue weighted by Crippen LogP contribution is 2.14. The molecule has 0 aromatic heterocycles. The van der Waals surface area contributed by atoms with Crippen molar-refractivity contribution in [2.24, 2.45) is 0 Å². The highest BCUT2D eigenvalue weighted by atomic mass is 16.1. The molecule has 3 nitrogen and oxygen atoms in total. The van der Waals surface area contributed by atoms with Gasteiger partial charge in [0, 0.05) is 18.2 Å². The minimum Gasteiger partial charge on any atom is -0.399 e. The fraction of sp³-hybridized carbons (Fsp3) is 0.364. The van der Waals surface area contributed by atoms with Gasteiger partial charge in [0.05, 0.1) is 0 Å². The third-order valence-corrected chi connectivity index (χ3v) is 2.55. The molecule has 1 aromatic rings. The number of amides is 1. The molecule has 1 aliphatic rings. The third kappa shape index (κ3) is 2.05. The van der Waals surface area contributed by atoms with Crippen molar-refractivity contribution in [1.29, 1.82) is 0 Å². The summed E-state index contributed by atoms with van der Waals surface area (Å²) in [6, 6.07) is 8.13. The number of hydrogen-bond donors (Lipinski definition) is 2. The third-order valence-electron chi connectivity index (χ3n) is 2.55. The van der Waals surface area contributed by atoms with Crippen LogP contribution in [-0.4, -0.2) is 11.9 Å². The molecule has 0 bridgehead atoms. The molecule has 1 saturated heterocycles. The van der Waals surface area contributed by atoms with Crippen molar-refractivity contribution < 1.29 is 4.79 Å². The van der Waals surface area contributed by atoms with Crippen molar-refractivity contribution in [3.05, 3.63) is 29.8 Å². The zero-order chi connectivity index (χ0) is 9.97. The van der Waals surface area contributed by atoms with Gasteiger partial charge < -0.3 is 11.1 Å². The maximum absolute atomic E-state index is 11.0. The number of nitrogen functional groups attached to an aromatic ring is 1. The molecule has 3 heteroatoms. The maximum atomic E-state index is 11.0. The highest BCUT2D eigenvalue weighted by molar-refractivity contribution is 5.78. The molecule has 1 aromatic carbocycles. The van der Waals surface area contributed by atoms with E-state index in [0.717, 1.165) is 18.5 Å². The molecule has 0 radical (unpaired) electrons. The second-order valence-electron chi connectivity index (χ2n) is 3.75. The Balaban J connectivity index is 1.97. The number of nitrogens with two attached hydrogens (primary N) is 1. The van der Waals surface area contributed by atoms with Gasteiger partial charge in [-0.1, -0.05) is 12.1 Å². The van der Waals surface area contributed by atoms with Crippen LogP contribution in [0.1, 0.15) is 18.4 Å². The van der Waals surface area contributed by atoms with Crippen molar-refractivity contribution in [2.45, 2.75) is 25.3 Å². The molecule has 1 heterocycles. The second kappa shape index (κ2) is 3.70. The molecule has 1 aliphatic heterocycles. The Bertz CT molecular complexity index is 332. The summed E-state index contributed by atoms with van der Waals surface area (Å²) in [4.78, 5) is 11.0. The quantitative estimate of drug-likeness (QED) is 0.686. The summed E-state index contributed by atoms with van der Waals surface area (Å²) in [6.07, 6.45) is 2.52. The molecule has 1 fully saturated rings. The number of benzene rings is 1. The summed E-state index contributed by atoms with van der Waals surface area (Å²) >= 11 is 0. The van der Waals surface area contributed by atoms with Gasteiger partial charge in [-0.2, -0.15) is 0 Å². The molecule has 14 heavy (non-hydrogen) atoms. The molecule has 0 spiro atoms. The number of hydrogen-bond acceptors (Lipinski definition) is 2. The van der Waals surface area contributed by atoms with Crippen LogP contribution >= 0.6 is 0 Å². The topological polar surface area (TPSA) is 55.1 Å². The molecule has 74 valence electrons. The molecule has 3 N–H and O–H groups in total. The van der Waals surface area contributed by atoms with E-state index in [1.54, 1.807) is 0 Å². The van der Waals surface area contributed by atoms with Gasteiger partial charge in [-0.3, -0.25) is 4.79 Å². The summed E-state index contributed by atoms with van der Waals surface area (Å²) in [5.74, 6) is 0.172. The molecule has 1 amide bonds. The Labute approximate surface area is 83.3 Å². The maximum Gasteiger partial charge on any atom is 0.220 e. The normalized spacial score (nSPS) is 20.9. The Morgan fingerprint density at radius 1 is 1.36 bits per heavy atom. The van der Waals surface area contributed by atoms with Crippen LogP contribution in [-0.2, 0) is 11.2 Å². The number of rotatable bonds is 2. The van der Waals surface area contributed by atoms with Crippen LogP contribution in [0.5, 0.6) is 0 Å². The largest absolute Gasteiger partial charge is 0.399 e. The first-order valence-corrected chi connectivity index (χ1v) is 4.88. The predicted octanol–water partition coefficient (Wildman–Crippen LogP) is 1.09. The van der Waals surface area contributed by atoms with Crippen LogP contribution in [0, 0.1) is 0 Å². The van der Waals surface area contributed by atoms with E-state index in [2.05, 4.69) is 5.32 Å². The van der Waals surface area contributed by atoms with E-state index >= 15 is 0 Å². The van der Waals surface area contributed by atoms with E-state index in [0.29, 0.717) is 12.5 Å². The average Bonchev–Trinajstić information content (AvgIpc) is 2.56. The molecular weight excluding hydrogens is 176 g/mol. The second-order valence-corrected chi connectivity index (χ2v) is 3.75. The minimum atomic E-state index is 0.172. The van der Waals surface area contributed by atoms with Gasteiger partial charge in [0.25, 0.3) is 0 Å². The lowest BCUT2D eigenvalue weighted by atomic mass is 10.0. The van der Waals surface area contributed by atoms with Crippen molar-refractivity contribution in [3.63, 3.8) is 0 Å². The Hall–Kier alpha value is -1.51. The van der Waals surface area contributed by atoms with Crippen LogP contribution in [0.15, 0.2) is 24.3 Å². The standard InChI is InChI=1S/C11H14N2O/c12-9-3-1-8(2-4-9)7-10-5-6-11(14)13-10/h1-4,10H,5-7,12H2,(H,13,14). The molecule has 1 atom stereocenters. The summed E-state index contributed by atoms with van der Waals surface area (Å²) in [5, 5.41) is 2.95. The molecule has 0 aliphatic carbocycles. The Morgan fingerprint density at radius 2 is 2.07 bits per heavy atom. The van der Waals surface area contributed by atoms with Crippen molar-refractivity contribution >= 4 is 11.6 Å². The number of carbonyl (C=O) groups is 1. The summed E-state index contributed by atoms with van der Waals surface area (Å²) in [7, 11) is 0. The van der Waals surface area contributed by atoms with Gasteiger partial charge in [0.15, 0.2) is 0 Å². The number of nitrogens with one attached hydrogen (secondary N) is 1. The van der Waals surface area contributed by atoms with E-state index in [9.17, 15) is 4.79 Å². The first-order chi connectivity index (χ1) is 6.74. The Kier molecular flexibility index (Phi) is 2.39. The summed E-state index contributed by atoms with van der Waals surface area (Å²) in [6.45, 7) is 0. The zero-order valence-electron chi connectivity index (χ0n) is 7.99. The van der Waals surface area contributed by atoms with Crippen LogP contribution in [0.4, 0.5) is 5.69 Å². The fourth-order valence-electron chi connectivity index (χ4n) is 1.77. The van der Waals surface area contributed by atoms with Crippen LogP contribution in [0.2, 0.25) is 0 Å².